The predicted molar refractivity (Wildman–Crippen MR) is 233 cm³/mol. The fourth-order valence-corrected chi connectivity index (χ4v) is 11.0. The molecule has 0 atom stereocenters. The lowest BCUT2D eigenvalue weighted by atomic mass is 9.80. The van der Waals surface area contributed by atoms with Crippen LogP contribution in [-0.2, 0) is 0 Å². The van der Waals surface area contributed by atoms with Crippen molar-refractivity contribution in [1.29, 1.82) is 0 Å². The van der Waals surface area contributed by atoms with Gasteiger partial charge < -0.3 is 9.40 Å². The van der Waals surface area contributed by atoms with Crippen LogP contribution in [0.5, 0.6) is 0 Å². The third-order valence-corrected chi connectivity index (χ3v) is 13.3. The molecule has 54 heavy (non-hydrogen) atoms. The number of para-hydroxylation sites is 3. The number of hydrogen-bond acceptors (Lipinski definition) is 3. The average molecular weight is 724 g/mol. The molecule has 252 valence electrons. The highest BCUT2D eigenvalue weighted by atomic mass is 32.1. The summed E-state index contributed by atoms with van der Waals surface area (Å²) in [5, 5.41) is 10.9. The predicted octanol–water partition coefficient (Wildman–Crippen LogP) is 15.5. The second kappa shape index (κ2) is 11.5. The summed E-state index contributed by atoms with van der Waals surface area (Å²) in [5.41, 5.74) is 13.7. The van der Waals surface area contributed by atoms with Gasteiger partial charge in [-0.05, 0) is 75.2 Å². The molecule has 8 aromatic carbocycles. The van der Waals surface area contributed by atoms with Crippen molar-refractivity contribution in [2.45, 2.75) is 0 Å². The van der Waals surface area contributed by atoms with Gasteiger partial charge in [-0.3, -0.25) is 0 Å². The van der Waals surface area contributed by atoms with Crippen molar-refractivity contribution >= 4 is 96.7 Å². The quantitative estimate of drug-likeness (QED) is 0.192. The summed E-state index contributed by atoms with van der Waals surface area (Å²) in [7, 11) is 0. The molecule has 4 heterocycles. The molecule has 0 aliphatic carbocycles. The number of thiophene rings is 2. The zero-order chi connectivity index (χ0) is 35.3. The van der Waals surface area contributed by atoms with Crippen LogP contribution < -0.4 is 0 Å². The molecule has 0 aliphatic heterocycles. The van der Waals surface area contributed by atoms with Gasteiger partial charge in [0.15, 0.2) is 0 Å². The lowest BCUT2D eigenvalue weighted by Crippen LogP contribution is -1.96. The van der Waals surface area contributed by atoms with Gasteiger partial charge in [-0.25, -0.2) is 0 Å². The SMILES string of the molecule is c1ccc2c(c1)[nH]c1c(-c3ccc(-c4csc5ccccc45)c(-c4cccc5oc6ccccc6c45)c3-c3cccc4sc5ccccc5c34)cccc12. The Bertz CT molecular complexity index is 3460. The first-order valence-electron chi connectivity index (χ1n) is 18.2. The molecule has 0 fully saturated rings. The van der Waals surface area contributed by atoms with Crippen LogP contribution in [0, 0.1) is 0 Å². The molecule has 4 aromatic heterocycles. The van der Waals surface area contributed by atoms with Gasteiger partial charge in [-0.1, -0.05) is 127 Å². The fraction of sp³-hybridized carbons (Fsp3) is 0. The minimum Gasteiger partial charge on any atom is -0.456 e. The molecule has 2 nitrogen and oxygen atoms in total. The van der Waals surface area contributed by atoms with Gasteiger partial charge in [0.05, 0.1) is 5.52 Å². The zero-order valence-electron chi connectivity index (χ0n) is 28.9. The van der Waals surface area contributed by atoms with Crippen molar-refractivity contribution < 1.29 is 4.42 Å². The van der Waals surface area contributed by atoms with Gasteiger partial charge in [-0.2, -0.15) is 0 Å². The van der Waals surface area contributed by atoms with E-state index in [0.717, 1.165) is 33.0 Å². The Morgan fingerprint density at radius 3 is 1.83 bits per heavy atom. The summed E-state index contributed by atoms with van der Waals surface area (Å²) in [5.74, 6) is 0. The zero-order valence-corrected chi connectivity index (χ0v) is 30.5. The summed E-state index contributed by atoms with van der Waals surface area (Å²) in [6, 6.07) is 59.7. The first-order valence-corrected chi connectivity index (χ1v) is 19.9. The number of furan rings is 1. The van der Waals surface area contributed by atoms with Crippen LogP contribution in [0.2, 0.25) is 0 Å². The summed E-state index contributed by atoms with van der Waals surface area (Å²) < 4.78 is 10.4. The smallest absolute Gasteiger partial charge is 0.136 e. The molecule has 0 saturated carbocycles. The Morgan fingerprint density at radius 1 is 0.370 bits per heavy atom. The molecule has 0 amide bonds. The molecule has 0 spiro atoms. The van der Waals surface area contributed by atoms with Crippen molar-refractivity contribution in [3.63, 3.8) is 0 Å². The summed E-state index contributed by atoms with van der Waals surface area (Å²) in [6.07, 6.45) is 0. The van der Waals surface area contributed by atoms with E-state index in [1.165, 1.54) is 85.5 Å². The Labute approximate surface area is 318 Å². The van der Waals surface area contributed by atoms with Crippen molar-refractivity contribution in [2.75, 3.05) is 0 Å². The van der Waals surface area contributed by atoms with E-state index in [1.54, 1.807) is 0 Å². The van der Waals surface area contributed by atoms with E-state index in [-0.39, 0.29) is 0 Å². The lowest BCUT2D eigenvalue weighted by molar-refractivity contribution is 0.669. The monoisotopic (exact) mass is 723 g/mol. The Hall–Kier alpha value is -6.46. The molecular weight excluding hydrogens is 695 g/mol. The van der Waals surface area contributed by atoms with Crippen LogP contribution in [0.3, 0.4) is 0 Å². The van der Waals surface area contributed by atoms with Crippen LogP contribution in [0.15, 0.2) is 174 Å². The highest BCUT2D eigenvalue weighted by Crippen LogP contribution is 2.53. The van der Waals surface area contributed by atoms with Crippen LogP contribution >= 0.6 is 22.7 Å². The van der Waals surface area contributed by atoms with Crippen molar-refractivity contribution in [3.8, 4) is 44.5 Å². The summed E-state index contributed by atoms with van der Waals surface area (Å²) in [4.78, 5) is 3.85. The maximum absolute atomic E-state index is 6.58. The van der Waals surface area contributed by atoms with E-state index in [1.807, 2.05) is 22.7 Å². The maximum Gasteiger partial charge on any atom is 0.136 e. The van der Waals surface area contributed by atoms with E-state index >= 15 is 0 Å². The molecule has 12 aromatic rings. The number of hydrogen-bond donors (Lipinski definition) is 1. The second-order valence-electron chi connectivity index (χ2n) is 14.0. The lowest BCUT2D eigenvalue weighted by Gasteiger charge is -2.22. The second-order valence-corrected chi connectivity index (χ2v) is 16.0. The van der Waals surface area contributed by atoms with Crippen LogP contribution in [0.25, 0.3) is 119 Å². The number of rotatable bonds is 4. The summed E-state index contributed by atoms with van der Waals surface area (Å²) >= 11 is 3.68. The van der Waals surface area contributed by atoms with Crippen molar-refractivity contribution in [2.24, 2.45) is 0 Å². The minimum atomic E-state index is 0.892. The first kappa shape index (κ1) is 30.0. The molecule has 4 heteroatoms. The maximum atomic E-state index is 6.58. The molecule has 0 radical (unpaired) electrons. The summed E-state index contributed by atoms with van der Waals surface area (Å²) in [6.45, 7) is 0. The van der Waals surface area contributed by atoms with Gasteiger partial charge in [-0.15, -0.1) is 22.7 Å². The third-order valence-electron chi connectivity index (χ3n) is 11.2. The van der Waals surface area contributed by atoms with E-state index in [4.69, 9.17) is 4.42 Å². The molecule has 1 N–H and O–H groups in total. The molecule has 0 bridgehead atoms. The molecular formula is C50H29NOS2. The van der Waals surface area contributed by atoms with Gasteiger partial charge >= 0.3 is 0 Å². The number of aromatic amines is 1. The number of nitrogens with one attached hydrogen (secondary N) is 1. The number of fused-ring (bicyclic) bond motifs is 10. The first-order chi connectivity index (χ1) is 26.8. The van der Waals surface area contributed by atoms with Crippen molar-refractivity contribution in [3.05, 3.63) is 169 Å². The van der Waals surface area contributed by atoms with E-state index < -0.39 is 0 Å². The molecule has 0 saturated heterocycles. The Balaban J connectivity index is 1.32. The normalized spacial score (nSPS) is 12.1. The van der Waals surface area contributed by atoms with Gasteiger partial charge in [0, 0.05) is 68.4 Å². The van der Waals surface area contributed by atoms with Crippen LogP contribution in [-0.4, -0.2) is 4.98 Å². The largest absolute Gasteiger partial charge is 0.456 e. The Kier molecular flexibility index (Phi) is 6.41. The van der Waals surface area contributed by atoms with E-state index in [2.05, 4.69) is 174 Å². The number of aromatic nitrogens is 1. The molecule has 12 rings (SSSR count). The van der Waals surface area contributed by atoms with E-state index in [0.29, 0.717) is 0 Å². The standard InChI is InChI=1S/C50H29NOS2/c1-5-20-40-29(12-1)33-16-9-17-34(50(33)51-40)31-26-27-32(39-28-53-43-23-7-3-13-30(39)43)49(37-18-10-22-42-46(37)35-14-2-6-21-41(35)52-42)48(31)38-19-11-25-45-47(38)36-15-4-8-24-44(36)54-45/h1-28,51H. The van der Waals surface area contributed by atoms with Crippen LogP contribution in [0.1, 0.15) is 0 Å². The highest BCUT2D eigenvalue weighted by molar-refractivity contribution is 7.26. The van der Waals surface area contributed by atoms with Crippen molar-refractivity contribution in [1.82, 2.24) is 4.98 Å². The fourth-order valence-electron chi connectivity index (χ4n) is 8.86. The number of benzene rings is 8. The Morgan fingerprint density at radius 2 is 0.963 bits per heavy atom. The van der Waals surface area contributed by atoms with Gasteiger partial charge in [0.25, 0.3) is 0 Å². The van der Waals surface area contributed by atoms with Gasteiger partial charge in [0.2, 0.25) is 0 Å². The van der Waals surface area contributed by atoms with Gasteiger partial charge in [0.1, 0.15) is 11.2 Å². The average Bonchev–Trinajstić information content (AvgIpc) is 4.01. The number of H-pyrrole nitrogens is 1. The van der Waals surface area contributed by atoms with Crippen LogP contribution in [0.4, 0.5) is 0 Å². The highest BCUT2D eigenvalue weighted by Gasteiger charge is 2.26. The topological polar surface area (TPSA) is 28.9 Å². The van der Waals surface area contributed by atoms with E-state index in [9.17, 15) is 0 Å². The minimum absolute atomic E-state index is 0.892. The molecule has 0 unspecified atom stereocenters. The third kappa shape index (κ3) is 4.27. The molecule has 0 aliphatic rings.